The summed E-state index contributed by atoms with van der Waals surface area (Å²) in [5.41, 5.74) is 1.49. The number of hydrogen-bond acceptors (Lipinski definition) is 4. The molecule has 1 aromatic carbocycles. The minimum absolute atomic E-state index is 0.0567. The molecule has 0 aliphatic carbocycles. The largest absolute Gasteiger partial charge is 0.394 e. The van der Waals surface area contributed by atoms with Crippen molar-refractivity contribution in [2.45, 2.75) is 24.8 Å². The maximum absolute atomic E-state index is 12.4. The summed E-state index contributed by atoms with van der Waals surface area (Å²) >= 11 is 0. The summed E-state index contributed by atoms with van der Waals surface area (Å²) < 4.78 is 5.28. The number of anilines is 1. The van der Waals surface area contributed by atoms with Crippen molar-refractivity contribution in [3.05, 3.63) is 29.3 Å². The highest BCUT2D eigenvalue weighted by molar-refractivity contribution is 6.01. The van der Waals surface area contributed by atoms with Crippen molar-refractivity contribution in [3.8, 4) is 0 Å². The summed E-state index contributed by atoms with van der Waals surface area (Å²) in [6.45, 7) is 0.958. The maximum Gasteiger partial charge on any atom is 0.251 e. The van der Waals surface area contributed by atoms with Crippen LogP contribution in [0.4, 0.5) is 5.69 Å². The number of amides is 2. The van der Waals surface area contributed by atoms with E-state index >= 15 is 0 Å². The second kappa shape index (κ2) is 5.46. The van der Waals surface area contributed by atoms with E-state index in [1.54, 1.807) is 18.2 Å². The van der Waals surface area contributed by atoms with Gasteiger partial charge in [0.1, 0.15) is 0 Å². The number of rotatable bonds is 3. The molecule has 0 unspecified atom stereocenters. The average molecular weight is 290 g/mol. The summed E-state index contributed by atoms with van der Waals surface area (Å²) in [5.74, 6) is -0.285. The van der Waals surface area contributed by atoms with Crippen LogP contribution in [-0.4, -0.2) is 42.3 Å². The van der Waals surface area contributed by atoms with E-state index in [1.807, 2.05) is 0 Å². The Kier molecular flexibility index (Phi) is 3.65. The SMILES string of the molecule is O=C1Cc2cc(C(=O)NC3(CO)CCOCC3)ccc2N1. The molecule has 112 valence electrons. The lowest BCUT2D eigenvalue weighted by molar-refractivity contribution is -0.115. The Labute approximate surface area is 122 Å². The zero-order valence-corrected chi connectivity index (χ0v) is 11.6. The monoisotopic (exact) mass is 290 g/mol. The molecule has 1 aromatic rings. The van der Waals surface area contributed by atoms with Crippen molar-refractivity contribution in [1.29, 1.82) is 0 Å². The standard InChI is InChI=1S/C15H18N2O4/c18-9-15(3-5-21-6-4-15)17-14(20)10-1-2-12-11(7-10)8-13(19)16-12/h1-2,7,18H,3-6,8-9H2,(H,16,19)(H,17,20). The number of aliphatic hydroxyl groups excluding tert-OH is 1. The quantitative estimate of drug-likeness (QED) is 0.754. The minimum Gasteiger partial charge on any atom is -0.394 e. The number of nitrogens with one attached hydrogen (secondary N) is 2. The first-order valence-corrected chi connectivity index (χ1v) is 7.06. The van der Waals surface area contributed by atoms with Crippen LogP contribution in [0.25, 0.3) is 0 Å². The molecule has 0 spiro atoms. The Hall–Kier alpha value is -1.92. The highest BCUT2D eigenvalue weighted by atomic mass is 16.5. The van der Waals surface area contributed by atoms with Gasteiger partial charge in [-0.15, -0.1) is 0 Å². The number of benzene rings is 1. The lowest BCUT2D eigenvalue weighted by Gasteiger charge is -2.36. The fraction of sp³-hybridized carbons (Fsp3) is 0.467. The number of ether oxygens (including phenoxy) is 1. The summed E-state index contributed by atoms with van der Waals surface area (Å²) in [5, 5.41) is 15.3. The number of carbonyl (C=O) groups excluding carboxylic acids is 2. The van der Waals surface area contributed by atoms with Crippen LogP contribution < -0.4 is 10.6 Å². The molecular formula is C15H18N2O4. The van der Waals surface area contributed by atoms with Crippen molar-refractivity contribution in [2.75, 3.05) is 25.1 Å². The molecule has 2 aliphatic rings. The molecule has 0 bridgehead atoms. The smallest absolute Gasteiger partial charge is 0.251 e. The normalized spacial score (nSPS) is 19.8. The molecule has 2 amide bonds. The molecule has 2 heterocycles. The van der Waals surface area contributed by atoms with Gasteiger partial charge in [0.25, 0.3) is 5.91 Å². The van der Waals surface area contributed by atoms with Crippen LogP contribution in [-0.2, 0) is 16.0 Å². The maximum atomic E-state index is 12.4. The van der Waals surface area contributed by atoms with Gasteiger partial charge in [0, 0.05) is 24.5 Å². The van der Waals surface area contributed by atoms with E-state index in [0.717, 1.165) is 11.3 Å². The van der Waals surface area contributed by atoms with Crippen molar-refractivity contribution in [1.82, 2.24) is 5.32 Å². The first kappa shape index (κ1) is 14.0. The van der Waals surface area contributed by atoms with Crippen LogP contribution in [0, 0.1) is 0 Å². The second-order valence-electron chi connectivity index (χ2n) is 5.60. The Morgan fingerprint density at radius 2 is 2.14 bits per heavy atom. The predicted octanol–water partition coefficient (Wildman–Crippen LogP) is 0.452. The molecule has 21 heavy (non-hydrogen) atoms. The zero-order valence-electron chi connectivity index (χ0n) is 11.6. The van der Waals surface area contributed by atoms with Gasteiger partial charge in [-0.25, -0.2) is 0 Å². The summed E-state index contributed by atoms with van der Waals surface area (Å²) in [6, 6.07) is 5.15. The lowest BCUT2D eigenvalue weighted by atomic mass is 9.90. The topological polar surface area (TPSA) is 87.7 Å². The summed E-state index contributed by atoms with van der Waals surface area (Å²) in [7, 11) is 0. The van der Waals surface area contributed by atoms with Gasteiger partial charge in [-0.2, -0.15) is 0 Å². The van der Waals surface area contributed by atoms with Crippen LogP contribution in [0.15, 0.2) is 18.2 Å². The highest BCUT2D eigenvalue weighted by Gasteiger charge is 2.34. The van der Waals surface area contributed by atoms with Crippen molar-refractivity contribution < 1.29 is 19.4 Å². The average Bonchev–Trinajstić information content (AvgIpc) is 2.87. The third kappa shape index (κ3) is 2.77. The predicted molar refractivity (Wildman–Crippen MR) is 76.1 cm³/mol. The minimum atomic E-state index is -0.609. The number of hydrogen-bond donors (Lipinski definition) is 3. The molecule has 1 fully saturated rings. The molecule has 0 aromatic heterocycles. The highest BCUT2D eigenvalue weighted by Crippen LogP contribution is 2.25. The van der Waals surface area contributed by atoms with Crippen molar-refractivity contribution in [2.24, 2.45) is 0 Å². The Balaban J connectivity index is 1.76. The number of carbonyl (C=O) groups is 2. The molecular weight excluding hydrogens is 272 g/mol. The Morgan fingerprint density at radius 1 is 1.38 bits per heavy atom. The molecule has 3 rings (SSSR count). The van der Waals surface area contributed by atoms with Crippen LogP contribution >= 0.6 is 0 Å². The van der Waals surface area contributed by atoms with E-state index in [9.17, 15) is 14.7 Å². The van der Waals surface area contributed by atoms with Crippen molar-refractivity contribution in [3.63, 3.8) is 0 Å². The summed E-state index contributed by atoms with van der Waals surface area (Å²) in [6.07, 6.45) is 1.50. The summed E-state index contributed by atoms with van der Waals surface area (Å²) in [4.78, 5) is 23.7. The third-order valence-corrected chi connectivity index (χ3v) is 4.12. The van der Waals surface area contributed by atoms with Crippen LogP contribution in [0.1, 0.15) is 28.8 Å². The van der Waals surface area contributed by atoms with Crippen molar-refractivity contribution >= 4 is 17.5 Å². The second-order valence-corrected chi connectivity index (χ2v) is 5.60. The molecule has 2 aliphatic heterocycles. The molecule has 0 saturated carbocycles. The van der Waals surface area contributed by atoms with Crippen LogP contribution in [0.3, 0.4) is 0 Å². The Morgan fingerprint density at radius 3 is 2.86 bits per heavy atom. The molecule has 1 saturated heterocycles. The lowest BCUT2D eigenvalue weighted by Crippen LogP contribution is -2.54. The first-order valence-electron chi connectivity index (χ1n) is 7.06. The van der Waals surface area contributed by atoms with E-state index in [4.69, 9.17) is 4.74 Å². The third-order valence-electron chi connectivity index (χ3n) is 4.12. The fourth-order valence-electron chi connectivity index (χ4n) is 2.77. The van der Waals surface area contributed by atoms with Gasteiger partial charge < -0.3 is 20.5 Å². The zero-order chi connectivity index (χ0) is 14.9. The van der Waals surface area contributed by atoms with E-state index in [-0.39, 0.29) is 18.4 Å². The van der Waals surface area contributed by atoms with E-state index in [0.29, 0.717) is 38.0 Å². The first-order chi connectivity index (χ1) is 10.1. The molecule has 6 heteroatoms. The fourth-order valence-corrected chi connectivity index (χ4v) is 2.77. The molecule has 3 N–H and O–H groups in total. The van der Waals surface area contributed by atoms with E-state index in [2.05, 4.69) is 10.6 Å². The van der Waals surface area contributed by atoms with E-state index < -0.39 is 5.54 Å². The van der Waals surface area contributed by atoms with Crippen LogP contribution in [0.5, 0.6) is 0 Å². The van der Waals surface area contributed by atoms with Gasteiger partial charge >= 0.3 is 0 Å². The van der Waals surface area contributed by atoms with Crippen LogP contribution in [0.2, 0.25) is 0 Å². The number of aliphatic hydroxyl groups is 1. The Bertz CT molecular complexity index is 579. The van der Waals surface area contributed by atoms with Gasteiger partial charge in [0.2, 0.25) is 5.91 Å². The van der Waals surface area contributed by atoms with Gasteiger partial charge in [0.15, 0.2) is 0 Å². The van der Waals surface area contributed by atoms with E-state index in [1.165, 1.54) is 0 Å². The van der Waals surface area contributed by atoms with Gasteiger partial charge in [-0.1, -0.05) is 0 Å². The molecule has 0 radical (unpaired) electrons. The van der Waals surface area contributed by atoms with Gasteiger partial charge in [-0.3, -0.25) is 9.59 Å². The molecule has 6 nitrogen and oxygen atoms in total. The van der Waals surface area contributed by atoms with Gasteiger partial charge in [-0.05, 0) is 36.6 Å². The number of fused-ring (bicyclic) bond motifs is 1. The van der Waals surface area contributed by atoms with Gasteiger partial charge in [0.05, 0.1) is 18.6 Å². The molecule has 0 atom stereocenters.